The molecular formula is C14H24Cl2N6O. The SMILES string of the molecule is Cc1nn(C)c(C)c1C1CCCN1Cc1noc(CN)n1.Cl.Cl. The summed E-state index contributed by atoms with van der Waals surface area (Å²) in [5, 5.41) is 8.54. The van der Waals surface area contributed by atoms with Crippen molar-refractivity contribution < 1.29 is 4.52 Å². The minimum Gasteiger partial charge on any atom is -0.338 e. The largest absolute Gasteiger partial charge is 0.338 e. The van der Waals surface area contributed by atoms with E-state index in [1.807, 2.05) is 11.7 Å². The molecule has 0 aromatic carbocycles. The Kier molecular flexibility index (Phi) is 7.01. The standard InChI is InChI=1S/C14H22N6O.2ClH/c1-9-14(10(2)19(3)17-9)11-5-4-6-20(11)8-12-16-13(7-15)21-18-12;;/h11H,4-8,15H2,1-3H3;2*1H. The molecule has 1 aliphatic heterocycles. The van der Waals surface area contributed by atoms with E-state index in [4.69, 9.17) is 10.3 Å². The van der Waals surface area contributed by atoms with Crippen molar-refractivity contribution in [2.75, 3.05) is 6.54 Å². The van der Waals surface area contributed by atoms with Crippen LogP contribution in [-0.2, 0) is 20.1 Å². The number of likely N-dealkylation sites (tertiary alicyclic amines) is 1. The number of hydrogen-bond acceptors (Lipinski definition) is 6. The zero-order chi connectivity index (χ0) is 15.0. The van der Waals surface area contributed by atoms with Crippen molar-refractivity contribution in [1.29, 1.82) is 0 Å². The van der Waals surface area contributed by atoms with Crippen LogP contribution in [0.3, 0.4) is 0 Å². The fourth-order valence-electron chi connectivity index (χ4n) is 3.23. The molecular weight excluding hydrogens is 339 g/mol. The van der Waals surface area contributed by atoms with Crippen LogP contribution >= 0.6 is 24.8 Å². The van der Waals surface area contributed by atoms with E-state index in [0.29, 0.717) is 24.3 Å². The lowest BCUT2D eigenvalue weighted by Gasteiger charge is -2.23. The minimum atomic E-state index is 0. The molecule has 2 N–H and O–H groups in total. The third kappa shape index (κ3) is 3.85. The molecule has 130 valence electrons. The first kappa shape index (κ1) is 19.9. The van der Waals surface area contributed by atoms with Crippen molar-refractivity contribution >= 4 is 24.8 Å². The molecule has 3 heterocycles. The van der Waals surface area contributed by atoms with Gasteiger partial charge in [0, 0.05) is 24.3 Å². The van der Waals surface area contributed by atoms with Gasteiger partial charge in [0.05, 0.1) is 18.8 Å². The Hall–Kier alpha value is -1.15. The van der Waals surface area contributed by atoms with E-state index >= 15 is 0 Å². The summed E-state index contributed by atoms with van der Waals surface area (Å²) in [6.45, 7) is 6.25. The van der Waals surface area contributed by atoms with Gasteiger partial charge in [0.2, 0.25) is 5.89 Å². The zero-order valence-corrected chi connectivity index (χ0v) is 15.3. The molecule has 2 aromatic heterocycles. The molecule has 1 unspecified atom stereocenters. The summed E-state index contributed by atoms with van der Waals surface area (Å²) in [6, 6.07) is 0.388. The molecule has 3 rings (SSSR count). The minimum absolute atomic E-state index is 0. The molecule has 7 nitrogen and oxygen atoms in total. The van der Waals surface area contributed by atoms with E-state index in [1.165, 1.54) is 17.7 Å². The lowest BCUT2D eigenvalue weighted by Crippen LogP contribution is -2.24. The molecule has 1 saturated heterocycles. The molecule has 1 aliphatic rings. The van der Waals surface area contributed by atoms with Crippen molar-refractivity contribution in [1.82, 2.24) is 24.8 Å². The summed E-state index contributed by atoms with van der Waals surface area (Å²) in [7, 11) is 2.00. The number of halogens is 2. The number of nitrogens with two attached hydrogens (primary N) is 1. The van der Waals surface area contributed by atoms with Gasteiger partial charge in [-0.25, -0.2) is 0 Å². The fraction of sp³-hybridized carbons (Fsp3) is 0.643. The quantitative estimate of drug-likeness (QED) is 0.895. The van der Waals surface area contributed by atoms with Crippen LogP contribution in [0.2, 0.25) is 0 Å². The second-order valence-corrected chi connectivity index (χ2v) is 5.65. The molecule has 1 atom stereocenters. The number of hydrogen-bond donors (Lipinski definition) is 1. The molecule has 0 aliphatic carbocycles. The number of nitrogens with zero attached hydrogens (tertiary/aromatic N) is 5. The maximum atomic E-state index is 5.51. The van der Waals surface area contributed by atoms with E-state index in [2.05, 4.69) is 34.0 Å². The summed E-state index contributed by atoms with van der Waals surface area (Å²) < 4.78 is 7.05. The lowest BCUT2D eigenvalue weighted by atomic mass is 10.0. The van der Waals surface area contributed by atoms with Crippen LogP contribution in [0.15, 0.2) is 4.52 Å². The van der Waals surface area contributed by atoms with E-state index in [1.54, 1.807) is 0 Å². The number of aromatic nitrogens is 4. The van der Waals surface area contributed by atoms with Gasteiger partial charge in [0.1, 0.15) is 0 Å². The third-order valence-corrected chi connectivity index (χ3v) is 4.29. The molecule has 0 spiro atoms. The van der Waals surface area contributed by atoms with Crippen molar-refractivity contribution in [2.45, 2.75) is 45.8 Å². The average molecular weight is 363 g/mol. The van der Waals surface area contributed by atoms with Gasteiger partial charge in [-0.3, -0.25) is 9.58 Å². The summed E-state index contributed by atoms with van der Waals surface area (Å²) >= 11 is 0. The Morgan fingerprint density at radius 2 is 2.04 bits per heavy atom. The molecule has 0 radical (unpaired) electrons. The highest BCUT2D eigenvalue weighted by atomic mass is 35.5. The molecule has 0 amide bonds. The summed E-state index contributed by atoms with van der Waals surface area (Å²) in [5.74, 6) is 1.20. The first-order chi connectivity index (χ1) is 10.1. The lowest BCUT2D eigenvalue weighted by molar-refractivity contribution is 0.236. The maximum absolute atomic E-state index is 5.51. The van der Waals surface area contributed by atoms with Crippen molar-refractivity contribution in [2.24, 2.45) is 12.8 Å². The highest BCUT2D eigenvalue weighted by molar-refractivity contribution is 5.85. The monoisotopic (exact) mass is 362 g/mol. The van der Waals surface area contributed by atoms with Crippen molar-refractivity contribution in [3.8, 4) is 0 Å². The predicted molar refractivity (Wildman–Crippen MR) is 91.8 cm³/mol. The highest BCUT2D eigenvalue weighted by Crippen LogP contribution is 2.35. The topological polar surface area (TPSA) is 86.0 Å². The zero-order valence-electron chi connectivity index (χ0n) is 13.7. The molecule has 0 bridgehead atoms. The van der Waals surface area contributed by atoms with Crippen LogP contribution in [-0.4, -0.2) is 31.4 Å². The highest BCUT2D eigenvalue weighted by Gasteiger charge is 2.31. The van der Waals surface area contributed by atoms with Crippen molar-refractivity contribution in [3.63, 3.8) is 0 Å². The van der Waals surface area contributed by atoms with E-state index in [0.717, 1.165) is 18.7 Å². The fourth-order valence-corrected chi connectivity index (χ4v) is 3.23. The van der Waals surface area contributed by atoms with Crippen LogP contribution in [0.25, 0.3) is 0 Å². The first-order valence-electron chi connectivity index (χ1n) is 7.35. The van der Waals surface area contributed by atoms with Gasteiger partial charge in [-0.2, -0.15) is 10.1 Å². The maximum Gasteiger partial charge on any atom is 0.240 e. The predicted octanol–water partition coefficient (Wildman–Crippen LogP) is 2.06. The van der Waals surface area contributed by atoms with E-state index < -0.39 is 0 Å². The van der Waals surface area contributed by atoms with Crippen LogP contribution < -0.4 is 5.73 Å². The van der Waals surface area contributed by atoms with Gasteiger partial charge in [-0.15, -0.1) is 24.8 Å². The molecule has 9 heteroatoms. The second-order valence-electron chi connectivity index (χ2n) is 5.65. The van der Waals surface area contributed by atoms with Gasteiger partial charge in [-0.05, 0) is 33.2 Å². The first-order valence-corrected chi connectivity index (χ1v) is 7.35. The smallest absolute Gasteiger partial charge is 0.240 e. The Morgan fingerprint density at radius 3 is 2.61 bits per heavy atom. The van der Waals surface area contributed by atoms with Crippen LogP contribution in [0.1, 0.15) is 47.5 Å². The normalized spacial score (nSPS) is 17.8. The molecule has 1 fully saturated rings. The molecule has 2 aromatic rings. The summed E-state index contributed by atoms with van der Waals surface area (Å²) in [6.07, 6.45) is 2.33. The Labute approximate surface area is 148 Å². The van der Waals surface area contributed by atoms with Crippen LogP contribution in [0, 0.1) is 13.8 Å². The molecule has 23 heavy (non-hydrogen) atoms. The van der Waals surface area contributed by atoms with Gasteiger partial charge >= 0.3 is 0 Å². The van der Waals surface area contributed by atoms with Gasteiger partial charge in [0.25, 0.3) is 0 Å². The average Bonchev–Trinajstić information content (AvgIpc) is 3.13. The van der Waals surface area contributed by atoms with Crippen LogP contribution in [0.4, 0.5) is 0 Å². The number of rotatable bonds is 4. The third-order valence-electron chi connectivity index (χ3n) is 4.29. The van der Waals surface area contributed by atoms with Gasteiger partial charge < -0.3 is 10.3 Å². The Morgan fingerprint density at radius 1 is 1.30 bits per heavy atom. The second kappa shape index (κ2) is 8.10. The Bertz CT molecular complexity index is 641. The van der Waals surface area contributed by atoms with Gasteiger partial charge in [-0.1, -0.05) is 5.16 Å². The van der Waals surface area contributed by atoms with E-state index in [-0.39, 0.29) is 31.4 Å². The van der Waals surface area contributed by atoms with Gasteiger partial charge in [0.15, 0.2) is 5.82 Å². The van der Waals surface area contributed by atoms with Crippen molar-refractivity contribution in [3.05, 3.63) is 28.7 Å². The summed E-state index contributed by atoms with van der Waals surface area (Å²) in [5.41, 5.74) is 9.21. The Balaban J connectivity index is 0.00000132. The van der Waals surface area contributed by atoms with Crippen LogP contribution in [0.5, 0.6) is 0 Å². The molecule has 0 saturated carbocycles. The number of aryl methyl sites for hydroxylation is 2. The van der Waals surface area contributed by atoms with E-state index in [9.17, 15) is 0 Å². The summed E-state index contributed by atoms with van der Waals surface area (Å²) in [4.78, 5) is 6.71.